The molecule has 1 aromatic heterocycles. The number of carbonyl (C=O) groups excluding carboxylic acids is 1. The van der Waals surface area contributed by atoms with E-state index in [-0.39, 0.29) is 11.7 Å². The van der Waals surface area contributed by atoms with Gasteiger partial charge in [0.25, 0.3) is 5.91 Å². The molecule has 2 heterocycles. The molecule has 0 bridgehead atoms. The number of amides is 1. The van der Waals surface area contributed by atoms with E-state index >= 15 is 0 Å². The van der Waals surface area contributed by atoms with Crippen molar-refractivity contribution in [2.75, 3.05) is 6.54 Å². The number of nitrogens with one attached hydrogen (secondary N) is 1. The lowest BCUT2D eigenvalue weighted by atomic mass is 10.1. The van der Waals surface area contributed by atoms with Gasteiger partial charge in [0.15, 0.2) is 0 Å². The number of fused-ring (bicyclic) bond motifs is 3. The number of hydrogen-bond donors (Lipinski definition) is 1. The van der Waals surface area contributed by atoms with Crippen molar-refractivity contribution < 1.29 is 9.18 Å². The molecule has 3 nitrogen and oxygen atoms in total. The Morgan fingerprint density at radius 1 is 1.13 bits per heavy atom. The molecule has 4 heteroatoms. The highest BCUT2D eigenvalue weighted by Gasteiger charge is 2.24. The standard InChI is InChI=1S/C19H17FN2O/c20-14-8-9-16-15(11-14)18-17(7-4-10-21-19(18)23)22(16)12-13-5-2-1-3-6-13/h1-3,5-6,8-9,11H,4,7,10,12H2,(H,21,23). The molecule has 1 N–H and O–H groups in total. The van der Waals surface area contributed by atoms with Gasteiger partial charge in [-0.25, -0.2) is 4.39 Å². The molecule has 2 aromatic carbocycles. The van der Waals surface area contributed by atoms with Crippen molar-refractivity contribution in [2.45, 2.75) is 19.4 Å². The Bertz CT molecular complexity index is 883. The van der Waals surface area contributed by atoms with Gasteiger partial charge in [-0.05, 0) is 36.6 Å². The van der Waals surface area contributed by atoms with Gasteiger partial charge >= 0.3 is 0 Å². The molecular formula is C19H17FN2O. The van der Waals surface area contributed by atoms with E-state index < -0.39 is 0 Å². The van der Waals surface area contributed by atoms with E-state index in [9.17, 15) is 9.18 Å². The summed E-state index contributed by atoms with van der Waals surface area (Å²) < 4.78 is 15.9. The van der Waals surface area contributed by atoms with Crippen molar-refractivity contribution in [3.63, 3.8) is 0 Å². The molecule has 0 radical (unpaired) electrons. The molecule has 116 valence electrons. The summed E-state index contributed by atoms with van der Waals surface area (Å²) >= 11 is 0. The van der Waals surface area contributed by atoms with Crippen molar-refractivity contribution in [3.05, 3.63) is 71.2 Å². The van der Waals surface area contributed by atoms with Crippen molar-refractivity contribution in [2.24, 2.45) is 0 Å². The van der Waals surface area contributed by atoms with E-state index in [4.69, 9.17) is 0 Å². The lowest BCUT2D eigenvalue weighted by Gasteiger charge is -2.10. The fourth-order valence-corrected chi connectivity index (χ4v) is 3.39. The summed E-state index contributed by atoms with van der Waals surface area (Å²) in [4.78, 5) is 12.4. The Kier molecular flexibility index (Phi) is 3.37. The second kappa shape index (κ2) is 5.54. The number of carbonyl (C=O) groups is 1. The molecule has 0 saturated heterocycles. The van der Waals surface area contributed by atoms with Crippen molar-refractivity contribution >= 4 is 16.8 Å². The summed E-state index contributed by atoms with van der Waals surface area (Å²) in [5.74, 6) is -0.408. The molecule has 0 atom stereocenters. The van der Waals surface area contributed by atoms with Gasteiger partial charge in [-0.2, -0.15) is 0 Å². The second-order valence-corrected chi connectivity index (χ2v) is 5.91. The molecule has 1 aliphatic rings. The Labute approximate surface area is 133 Å². The maximum Gasteiger partial charge on any atom is 0.253 e. The largest absolute Gasteiger partial charge is 0.352 e. The first-order chi connectivity index (χ1) is 11.2. The summed E-state index contributed by atoms with van der Waals surface area (Å²) in [5, 5.41) is 3.62. The minimum absolute atomic E-state index is 0.0973. The molecule has 0 unspecified atom stereocenters. The van der Waals surface area contributed by atoms with Crippen LogP contribution in [0.25, 0.3) is 10.9 Å². The molecule has 0 saturated carbocycles. The maximum absolute atomic E-state index is 13.7. The van der Waals surface area contributed by atoms with Gasteiger partial charge in [-0.15, -0.1) is 0 Å². The Balaban J connectivity index is 1.95. The maximum atomic E-state index is 13.7. The first-order valence-corrected chi connectivity index (χ1v) is 7.87. The van der Waals surface area contributed by atoms with Crippen LogP contribution in [0, 0.1) is 5.82 Å². The summed E-state index contributed by atoms with van der Waals surface area (Å²) in [6.45, 7) is 1.35. The SMILES string of the molecule is O=C1NCCCc2c1c1cc(F)ccc1n2Cc1ccccc1. The van der Waals surface area contributed by atoms with Crippen LogP contribution in [0.1, 0.15) is 28.0 Å². The van der Waals surface area contributed by atoms with Gasteiger partial charge in [0.05, 0.1) is 5.56 Å². The summed E-state index contributed by atoms with van der Waals surface area (Å²) in [6, 6.07) is 14.8. The molecule has 0 spiro atoms. The van der Waals surface area contributed by atoms with Crippen LogP contribution >= 0.6 is 0 Å². The number of nitrogens with zero attached hydrogens (tertiary/aromatic N) is 1. The molecule has 1 amide bonds. The number of rotatable bonds is 2. The monoisotopic (exact) mass is 308 g/mol. The topological polar surface area (TPSA) is 34.0 Å². The Morgan fingerprint density at radius 2 is 1.96 bits per heavy atom. The molecule has 0 aliphatic carbocycles. The molecule has 3 aromatic rings. The first-order valence-electron chi connectivity index (χ1n) is 7.87. The lowest BCUT2D eigenvalue weighted by molar-refractivity contribution is 0.0957. The van der Waals surface area contributed by atoms with Crippen LogP contribution in [0.15, 0.2) is 48.5 Å². The highest BCUT2D eigenvalue weighted by atomic mass is 19.1. The highest BCUT2D eigenvalue weighted by molar-refractivity contribution is 6.08. The van der Waals surface area contributed by atoms with Crippen molar-refractivity contribution in [1.82, 2.24) is 9.88 Å². The van der Waals surface area contributed by atoms with E-state index in [0.29, 0.717) is 24.0 Å². The van der Waals surface area contributed by atoms with E-state index in [1.807, 2.05) is 18.2 Å². The van der Waals surface area contributed by atoms with Crippen LogP contribution in [-0.4, -0.2) is 17.0 Å². The second-order valence-electron chi connectivity index (χ2n) is 5.91. The normalized spacial score (nSPS) is 14.4. The van der Waals surface area contributed by atoms with Crippen LogP contribution in [0.5, 0.6) is 0 Å². The van der Waals surface area contributed by atoms with E-state index in [1.165, 1.54) is 17.7 Å². The number of halogens is 1. The van der Waals surface area contributed by atoms with Gasteiger partial charge in [0, 0.05) is 29.7 Å². The third kappa shape index (κ3) is 2.40. The van der Waals surface area contributed by atoms with Crippen LogP contribution in [0.3, 0.4) is 0 Å². The van der Waals surface area contributed by atoms with Crippen molar-refractivity contribution in [1.29, 1.82) is 0 Å². The van der Waals surface area contributed by atoms with Gasteiger partial charge in [-0.1, -0.05) is 30.3 Å². The van der Waals surface area contributed by atoms with Crippen LogP contribution < -0.4 is 5.32 Å². The fraction of sp³-hybridized carbons (Fsp3) is 0.211. The molecule has 4 rings (SSSR count). The summed E-state index contributed by atoms with van der Waals surface area (Å²) in [5.41, 5.74) is 3.72. The average molecular weight is 308 g/mol. The van der Waals surface area contributed by atoms with Crippen LogP contribution in [0.4, 0.5) is 4.39 Å². The van der Waals surface area contributed by atoms with Crippen molar-refractivity contribution in [3.8, 4) is 0 Å². The van der Waals surface area contributed by atoms with E-state index in [1.54, 1.807) is 6.07 Å². The van der Waals surface area contributed by atoms with Gasteiger partial charge in [0.1, 0.15) is 5.82 Å². The summed E-state index contributed by atoms with van der Waals surface area (Å²) in [6.07, 6.45) is 1.71. The zero-order valence-corrected chi connectivity index (χ0v) is 12.7. The molecule has 0 fully saturated rings. The lowest BCUT2D eigenvalue weighted by Crippen LogP contribution is -2.22. The smallest absolute Gasteiger partial charge is 0.253 e. The summed E-state index contributed by atoms with van der Waals surface area (Å²) in [7, 11) is 0. The van der Waals surface area contributed by atoms with E-state index in [0.717, 1.165) is 24.1 Å². The quantitative estimate of drug-likeness (QED) is 0.772. The van der Waals surface area contributed by atoms with Crippen LogP contribution in [-0.2, 0) is 13.0 Å². The molecule has 23 heavy (non-hydrogen) atoms. The highest BCUT2D eigenvalue weighted by Crippen LogP contribution is 2.30. The third-order valence-electron chi connectivity index (χ3n) is 4.42. The molecule has 1 aliphatic heterocycles. The van der Waals surface area contributed by atoms with Gasteiger partial charge in [-0.3, -0.25) is 4.79 Å². The minimum Gasteiger partial charge on any atom is -0.352 e. The number of hydrogen-bond acceptors (Lipinski definition) is 1. The fourth-order valence-electron chi connectivity index (χ4n) is 3.39. The first kappa shape index (κ1) is 14.0. The minimum atomic E-state index is -0.311. The zero-order valence-electron chi connectivity index (χ0n) is 12.7. The van der Waals surface area contributed by atoms with Gasteiger partial charge in [0.2, 0.25) is 0 Å². The predicted octanol–water partition coefficient (Wildman–Crippen LogP) is 3.50. The Hall–Kier alpha value is -2.62. The van der Waals surface area contributed by atoms with E-state index in [2.05, 4.69) is 22.0 Å². The number of benzene rings is 2. The van der Waals surface area contributed by atoms with Crippen LogP contribution in [0.2, 0.25) is 0 Å². The average Bonchev–Trinajstić information content (AvgIpc) is 2.71. The third-order valence-corrected chi connectivity index (χ3v) is 4.42. The molecular weight excluding hydrogens is 291 g/mol. The van der Waals surface area contributed by atoms with Gasteiger partial charge < -0.3 is 9.88 Å². The zero-order chi connectivity index (χ0) is 15.8. The predicted molar refractivity (Wildman–Crippen MR) is 88.1 cm³/mol. The Morgan fingerprint density at radius 3 is 2.78 bits per heavy atom. The number of aromatic nitrogens is 1.